The maximum atomic E-state index is 6.02. The van der Waals surface area contributed by atoms with Gasteiger partial charge in [0.2, 0.25) is 0 Å². The average Bonchev–Trinajstić information content (AvgIpc) is 2.29. The van der Waals surface area contributed by atoms with E-state index in [-0.39, 0.29) is 5.15 Å². The second-order valence-corrected chi connectivity index (χ2v) is 5.22. The number of aromatic nitrogens is 1. The van der Waals surface area contributed by atoms with E-state index < -0.39 is 0 Å². The molecule has 0 radical (unpaired) electrons. The number of anilines is 2. The van der Waals surface area contributed by atoms with Crippen molar-refractivity contribution in [2.45, 2.75) is 0 Å². The lowest BCUT2D eigenvalue weighted by molar-refractivity contribution is 1.30. The molecule has 1 aromatic carbocycles. The maximum Gasteiger partial charge on any atom is 0.151 e. The van der Waals surface area contributed by atoms with Gasteiger partial charge in [-0.15, -0.1) is 0 Å². The Labute approximate surface area is 122 Å². The number of halogens is 4. The number of rotatable bonds is 2. The van der Waals surface area contributed by atoms with E-state index in [2.05, 4.69) is 26.2 Å². The highest BCUT2D eigenvalue weighted by Gasteiger charge is 2.09. The molecule has 0 aliphatic rings. The zero-order valence-corrected chi connectivity index (χ0v) is 12.2. The van der Waals surface area contributed by atoms with Gasteiger partial charge in [0.15, 0.2) is 5.82 Å². The first-order valence-corrected chi connectivity index (χ1v) is 6.53. The van der Waals surface area contributed by atoms with Gasteiger partial charge in [-0.1, -0.05) is 46.9 Å². The first-order valence-electron chi connectivity index (χ1n) is 4.61. The van der Waals surface area contributed by atoms with Crippen molar-refractivity contribution < 1.29 is 0 Å². The molecule has 0 atom stereocenters. The van der Waals surface area contributed by atoms with E-state index in [1.54, 1.807) is 6.07 Å². The van der Waals surface area contributed by atoms with Crippen molar-refractivity contribution in [3.05, 3.63) is 50.0 Å². The highest BCUT2D eigenvalue weighted by Crippen LogP contribution is 2.32. The van der Waals surface area contributed by atoms with Gasteiger partial charge in [0.25, 0.3) is 0 Å². The Morgan fingerprint density at radius 1 is 1.06 bits per heavy atom. The molecule has 1 N–H and O–H groups in total. The summed E-state index contributed by atoms with van der Waals surface area (Å²) in [6.45, 7) is 0. The minimum Gasteiger partial charge on any atom is -0.338 e. The smallest absolute Gasteiger partial charge is 0.151 e. The second kappa shape index (κ2) is 5.44. The summed E-state index contributed by atoms with van der Waals surface area (Å²) in [7, 11) is 0. The molecule has 0 saturated carbocycles. The molecule has 0 aliphatic carbocycles. The number of hydrogen-bond acceptors (Lipinski definition) is 2. The number of benzene rings is 1. The van der Waals surface area contributed by atoms with Crippen molar-refractivity contribution in [2.24, 2.45) is 0 Å². The Bertz CT molecular complexity index is 560. The molecule has 0 saturated heterocycles. The molecule has 0 bridgehead atoms. The lowest BCUT2D eigenvalue weighted by Gasteiger charge is -2.09. The summed E-state index contributed by atoms with van der Waals surface area (Å²) < 4.78 is 0.906. The van der Waals surface area contributed by atoms with Gasteiger partial charge in [0, 0.05) is 4.47 Å². The third kappa shape index (κ3) is 3.05. The first kappa shape index (κ1) is 13.0. The normalized spacial score (nSPS) is 10.4. The molecule has 2 nitrogen and oxygen atoms in total. The zero-order valence-electron chi connectivity index (χ0n) is 8.35. The monoisotopic (exact) mass is 350 g/mol. The molecule has 17 heavy (non-hydrogen) atoms. The minimum atomic E-state index is 0.214. The number of para-hydroxylation sites is 1. The van der Waals surface area contributed by atoms with Crippen molar-refractivity contribution in [3.8, 4) is 0 Å². The molecule has 2 rings (SSSR count). The van der Waals surface area contributed by atoms with Gasteiger partial charge >= 0.3 is 0 Å². The Morgan fingerprint density at radius 3 is 2.47 bits per heavy atom. The van der Waals surface area contributed by atoms with Gasteiger partial charge in [-0.05, 0) is 34.1 Å². The van der Waals surface area contributed by atoms with Crippen LogP contribution in [0.1, 0.15) is 0 Å². The van der Waals surface area contributed by atoms with Crippen LogP contribution in [0, 0.1) is 0 Å². The molecule has 0 aliphatic heterocycles. The van der Waals surface area contributed by atoms with Gasteiger partial charge in [-0.25, -0.2) is 4.98 Å². The standard InChI is InChI=1S/C11H6BrCl3N2/c12-6-3-1-2-4-9(6)16-11-8(14)5-7(13)10(15)17-11/h1-5H,(H,16,17). The third-order valence-corrected chi connectivity index (χ3v) is 3.67. The van der Waals surface area contributed by atoms with Crippen LogP contribution in [-0.2, 0) is 0 Å². The SMILES string of the molecule is Clc1cc(Cl)c(Nc2ccccc2Br)nc1Cl. The molecular formula is C11H6BrCl3N2. The largest absolute Gasteiger partial charge is 0.338 e. The maximum absolute atomic E-state index is 6.02. The lowest BCUT2D eigenvalue weighted by Crippen LogP contribution is -1.96. The van der Waals surface area contributed by atoms with E-state index in [4.69, 9.17) is 34.8 Å². The summed E-state index contributed by atoms with van der Waals surface area (Å²) >= 11 is 21.1. The molecular weight excluding hydrogens is 346 g/mol. The Kier molecular flexibility index (Phi) is 4.15. The summed E-state index contributed by atoms with van der Waals surface area (Å²) in [5, 5.41) is 4.03. The van der Waals surface area contributed by atoms with Crippen LogP contribution in [0.15, 0.2) is 34.8 Å². The van der Waals surface area contributed by atoms with Gasteiger partial charge in [0.1, 0.15) is 5.15 Å². The molecule has 2 aromatic rings. The Balaban J connectivity index is 2.37. The predicted octanol–water partition coefficient (Wildman–Crippen LogP) is 5.55. The summed E-state index contributed by atoms with van der Waals surface area (Å²) in [6.07, 6.45) is 0. The lowest BCUT2D eigenvalue weighted by atomic mass is 10.3. The molecule has 6 heteroatoms. The van der Waals surface area contributed by atoms with E-state index >= 15 is 0 Å². The Morgan fingerprint density at radius 2 is 1.76 bits per heavy atom. The van der Waals surface area contributed by atoms with Gasteiger partial charge in [-0.2, -0.15) is 0 Å². The molecule has 1 heterocycles. The number of hydrogen-bond donors (Lipinski definition) is 1. The zero-order chi connectivity index (χ0) is 12.4. The van der Waals surface area contributed by atoms with Gasteiger partial charge < -0.3 is 5.32 Å². The first-order chi connectivity index (χ1) is 8.08. The van der Waals surface area contributed by atoms with Crippen LogP contribution in [0.3, 0.4) is 0 Å². The number of nitrogens with one attached hydrogen (secondary N) is 1. The quantitative estimate of drug-likeness (QED) is 0.717. The van der Waals surface area contributed by atoms with Crippen LogP contribution in [0.4, 0.5) is 11.5 Å². The van der Waals surface area contributed by atoms with Gasteiger partial charge in [-0.3, -0.25) is 0 Å². The van der Waals surface area contributed by atoms with E-state index in [0.717, 1.165) is 10.2 Å². The summed E-state index contributed by atoms with van der Waals surface area (Å²) in [4.78, 5) is 4.08. The fraction of sp³-hybridized carbons (Fsp3) is 0. The molecule has 0 fully saturated rings. The van der Waals surface area contributed by atoms with Crippen LogP contribution < -0.4 is 5.32 Å². The van der Waals surface area contributed by atoms with E-state index in [1.165, 1.54) is 0 Å². The van der Waals surface area contributed by atoms with Crippen LogP contribution in [0.5, 0.6) is 0 Å². The van der Waals surface area contributed by atoms with Crippen molar-refractivity contribution >= 4 is 62.2 Å². The van der Waals surface area contributed by atoms with Crippen LogP contribution in [0.2, 0.25) is 15.2 Å². The highest BCUT2D eigenvalue weighted by atomic mass is 79.9. The van der Waals surface area contributed by atoms with E-state index in [0.29, 0.717) is 15.9 Å². The fourth-order valence-corrected chi connectivity index (χ4v) is 2.15. The summed E-state index contributed by atoms with van der Waals surface area (Å²) in [6, 6.07) is 9.17. The average molecular weight is 352 g/mol. The fourth-order valence-electron chi connectivity index (χ4n) is 1.22. The summed E-state index contributed by atoms with van der Waals surface area (Å²) in [5.41, 5.74) is 0.847. The topological polar surface area (TPSA) is 24.9 Å². The number of pyridine rings is 1. The number of nitrogens with zero attached hydrogens (tertiary/aromatic N) is 1. The van der Waals surface area contributed by atoms with E-state index in [9.17, 15) is 0 Å². The predicted molar refractivity (Wildman–Crippen MR) is 76.7 cm³/mol. The molecule has 0 spiro atoms. The van der Waals surface area contributed by atoms with Crippen molar-refractivity contribution in [1.82, 2.24) is 4.98 Å². The molecule has 88 valence electrons. The Hall–Kier alpha value is -0.480. The van der Waals surface area contributed by atoms with Crippen molar-refractivity contribution in [3.63, 3.8) is 0 Å². The highest BCUT2D eigenvalue weighted by molar-refractivity contribution is 9.10. The summed E-state index contributed by atoms with van der Waals surface area (Å²) in [5.74, 6) is 0.466. The molecule has 1 aromatic heterocycles. The minimum absolute atomic E-state index is 0.214. The van der Waals surface area contributed by atoms with Crippen molar-refractivity contribution in [1.29, 1.82) is 0 Å². The van der Waals surface area contributed by atoms with Crippen LogP contribution >= 0.6 is 50.7 Å². The second-order valence-electron chi connectivity index (χ2n) is 3.20. The van der Waals surface area contributed by atoms with Crippen molar-refractivity contribution in [2.75, 3.05) is 5.32 Å². The molecule has 0 unspecified atom stereocenters. The van der Waals surface area contributed by atoms with Crippen LogP contribution in [0.25, 0.3) is 0 Å². The van der Waals surface area contributed by atoms with Crippen LogP contribution in [-0.4, -0.2) is 4.98 Å². The third-order valence-electron chi connectivity index (χ3n) is 2.01. The van der Waals surface area contributed by atoms with Gasteiger partial charge in [0.05, 0.1) is 15.7 Å². The van der Waals surface area contributed by atoms with E-state index in [1.807, 2.05) is 24.3 Å². The molecule has 0 amide bonds.